The highest BCUT2D eigenvalue weighted by molar-refractivity contribution is 5.93. The first-order valence-corrected chi connectivity index (χ1v) is 6.11. The summed E-state index contributed by atoms with van der Waals surface area (Å²) in [4.78, 5) is 11.9. The van der Waals surface area contributed by atoms with Crippen molar-refractivity contribution in [1.82, 2.24) is 0 Å². The van der Waals surface area contributed by atoms with Gasteiger partial charge in [-0.25, -0.2) is 0 Å². The topological polar surface area (TPSA) is 55.1 Å². The minimum absolute atomic E-state index is 0. The van der Waals surface area contributed by atoms with E-state index in [0.29, 0.717) is 6.42 Å². The maximum Gasteiger partial charge on any atom is 0.416 e. The number of nitrogens with one attached hydrogen (secondary N) is 1. The predicted octanol–water partition coefficient (Wildman–Crippen LogP) is 3.19. The molecule has 1 saturated carbocycles. The Balaban J connectivity index is 0.00000200. The molecule has 1 aliphatic carbocycles. The molecule has 1 aromatic carbocycles. The van der Waals surface area contributed by atoms with E-state index in [0.717, 1.165) is 25.0 Å². The molecule has 1 amide bonds. The lowest BCUT2D eigenvalue weighted by Crippen LogP contribution is -2.34. The van der Waals surface area contributed by atoms with E-state index in [1.165, 1.54) is 12.1 Å². The van der Waals surface area contributed by atoms with Gasteiger partial charge >= 0.3 is 6.18 Å². The zero-order chi connectivity index (χ0) is 14.0. The number of hydrogen-bond acceptors (Lipinski definition) is 2. The first-order valence-electron chi connectivity index (χ1n) is 6.11. The summed E-state index contributed by atoms with van der Waals surface area (Å²) in [5.41, 5.74) is 5.17. The SMILES string of the molecule is Cl.NC1CCCC1C(=O)Nc1cccc(C(F)(F)F)c1. The van der Waals surface area contributed by atoms with Crippen LogP contribution < -0.4 is 11.1 Å². The Morgan fingerprint density at radius 1 is 1.30 bits per heavy atom. The minimum atomic E-state index is -4.41. The molecule has 0 aliphatic heterocycles. The van der Waals surface area contributed by atoms with E-state index in [9.17, 15) is 18.0 Å². The van der Waals surface area contributed by atoms with Crippen molar-refractivity contribution in [2.45, 2.75) is 31.5 Å². The minimum Gasteiger partial charge on any atom is -0.327 e. The van der Waals surface area contributed by atoms with E-state index in [2.05, 4.69) is 5.32 Å². The fraction of sp³-hybridized carbons (Fsp3) is 0.462. The van der Waals surface area contributed by atoms with E-state index >= 15 is 0 Å². The van der Waals surface area contributed by atoms with Crippen molar-refractivity contribution in [1.29, 1.82) is 0 Å². The Hall–Kier alpha value is -1.27. The van der Waals surface area contributed by atoms with Crippen LogP contribution in [0.15, 0.2) is 24.3 Å². The van der Waals surface area contributed by atoms with Crippen molar-refractivity contribution < 1.29 is 18.0 Å². The summed E-state index contributed by atoms with van der Waals surface area (Å²) in [6.45, 7) is 0. The Morgan fingerprint density at radius 2 is 2.00 bits per heavy atom. The third-order valence-electron chi connectivity index (χ3n) is 3.36. The second kappa shape index (κ2) is 6.45. The molecule has 2 atom stereocenters. The number of hydrogen-bond donors (Lipinski definition) is 2. The summed E-state index contributed by atoms with van der Waals surface area (Å²) in [5.74, 6) is -0.612. The quantitative estimate of drug-likeness (QED) is 0.881. The number of carbonyl (C=O) groups excluding carboxylic acids is 1. The molecule has 1 fully saturated rings. The fourth-order valence-corrected chi connectivity index (χ4v) is 2.32. The van der Waals surface area contributed by atoms with Crippen molar-refractivity contribution in [2.75, 3.05) is 5.32 Å². The molecule has 112 valence electrons. The molecule has 2 unspecified atom stereocenters. The first kappa shape index (κ1) is 16.8. The molecule has 1 aromatic rings. The van der Waals surface area contributed by atoms with Crippen LogP contribution in [-0.2, 0) is 11.0 Å². The molecular weight excluding hydrogens is 293 g/mol. The molecule has 20 heavy (non-hydrogen) atoms. The van der Waals surface area contributed by atoms with E-state index < -0.39 is 11.7 Å². The summed E-state index contributed by atoms with van der Waals surface area (Å²) in [7, 11) is 0. The van der Waals surface area contributed by atoms with Crippen LogP contribution in [0.4, 0.5) is 18.9 Å². The highest BCUT2D eigenvalue weighted by atomic mass is 35.5. The van der Waals surface area contributed by atoms with Gasteiger partial charge < -0.3 is 11.1 Å². The Labute approximate surface area is 121 Å². The number of halogens is 4. The van der Waals surface area contributed by atoms with Gasteiger partial charge in [0, 0.05) is 11.7 Å². The molecule has 0 heterocycles. The van der Waals surface area contributed by atoms with E-state index in [1.807, 2.05) is 0 Å². The van der Waals surface area contributed by atoms with Crippen LogP contribution >= 0.6 is 12.4 Å². The van der Waals surface area contributed by atoms with Gasteiger partial charge in [-0.15, -0.1) is 12.4 Å². The van der Waals surface area contributed by atoms with Crippen molar-refractivity contribution in [3.8, 4) is 0 Å². The third kappa shape index (κ3) is 3.86. The molecule has 0 aromatic heterocycles. The van der Waals surface area contributed by atoms with E-state index in [-0.39, 0.29) is 36.0 Å². The van der Waals surface area contributed by atoms with Crippen molar-refractivity contribution in [3.05, 3.63) is 29.8 Å². The van der Waals surface area contributed by atoms with E-state index in [4.69, 9.17) is 5.73 Å². The fourth-order valence-electron chi connectivity index (χ4n) is 2.32. The lowest BCUT2D eigenvalue weighted by molar-refractivity contribution is -0.137. The average molecular weight is 309 g/mol. The second-order valence-corrected chi connectivity index (χ2v) is 4.77. The van der Waals surface area contributed by atoms with Gasteiger partial charge in [0.2, 0.25) is 5.91 Å². The van der Waals surface area contributed by atoms with Crippen LogP contribution in [0.2, 0.25) is 0 Å². The first-order chi connectivity index (χ1) is 8.88. The molecular formula is C13H16ClF3N2O. The number of amides is 1. The van der Waals surface area contributed by atoms with Crippen molar-refractivity contribution in [3.63, 3.8) is 0 Å². The van der Waals surface area contributed by atoms with Crippen LogP contribution in [0.5, 0.6) is 0 Å². The maximum absolute atomic E-state index is 12.5. The largest absolute Gasteiger partial charge is 0.416 e. The third-order valence-corrected chi connectivity index (χ3v) is 3.36. The lowest BCUT2D eigenvalue weighted by Gasteiger charge is -2.16. The smallest absolute Gasteiger partial charge is 0.327 e. The molecule has 0 bridgehead atoms. The van der Waals surface area contributed by atoms with Gasteiger partial charge in [0.25, 0.3) is 0 Å². The Bertz CT molecular complexity index is 479. The summed E-state index contributed by atoms with van der Waals surface area (Å²) in [6, 6.07) is 4.40. The molecule has 0 radical (unpaired) electrons. The van der Waals surface area contributed by atoms with Gasteiger partial charge in [-0.2, -0.15) is 13.2 Å². The van der Waals surface area contributed by atoms with Gasteiger partial charge in [-0.3, -0.25) is 4.79 Å². The zero-order valence-electron chi connectivity index (χ0n) is 10.6. The Morgan fingerprint density at radius 3 is 2.55 bits per heavy atom. The molecule has 2 rings (SSSR count). The van der Waals surface area contributed by atoms with Gasteiger partial charge in [0.15, 0.2) is 0 Å². The standard InChI is InChI=1S/C13H15F3N2O.ClH/c14-13(15,16)8-3-1-4-9(7-8)18-12(19)10-5-2-6-11(10)17;/h1,3-4,7,10-11H,2,5-6,17H2,(H,18,19);1H. The zero-order valence-corrected chi connectivity index (χ0v) is 11.4. The lowest BCUT2D eigenvalue weighted by atomic mass is 10.0. The molecule has 3 N–H and O–H groups in total. The summed E-state index contributed by atoms with van der Waals surface area (Å²) >= 11 is 0. The van der Waals surface area contributed by atoms with E-state index in [1.54, 1.807) is 0 Å². The van der Waals surface area contributed by atoms with Crippen LogP contribution in [0, 0.1) is 5.92 Å². The number of rotatable bonds is 2. The van der Waals surface area contributed by atoms with Gasteiger partial charge in [-0.05, 0) is 31.0 Å². The van der Waals surface area contributed by atoms with Crippen LogP contribution in [0.25, 0.3) is 0 Å². The Kier molecular flexibility index (Phi) is 5.42. The highest BCUT2D eigenvalue weighted by Crippen LogP contribution is 2.31. The normalized spacial score (nSPS) is 22.2. The van der Waals surface area contributed by atoms with Gasteiger partial charge in [0.05, 0.1) is 11.5 Å². The van der Waals surface area contributed by atoms with Crippen LogP contribution in [0.3, 0.4) is 0 Å². The highest BCUT2D eigenvalue weighted by Gasteiger charge is 2.32. The van der Waals surface area contributed by atoms with Crippen molar-refractivity contribution in [2.24, 2.45) is 11.7 Å². The number of nitrogens with two attached hydrogens (primary N) is 1. The molecule has 3 nitrogen and oxygen atoms in total. The number of benzene rings is 1. The van der Waals surface area contributed by atoms with Gasteiger partial charge in [-0.1, -0.05) is 12.5 Å². The molecule has 7 heteroatoms. The number of anilines is 1. The summed E-state index contributed by atoms with van der Waals surface area (Å²) in [6.07, 6.45) is -2.07. The number of alkyl halides is 3. The van der Waals surface area contributed by atoms with Crippen LogP contribution in [0.1, 0.15) is 24.8 Å². The van der Waals surface area contributed by atoms with Gasteiger partial charge in [0.1, 0.15) is 0 Å². The van der Waals surface area contributed by atoms with Crippen LogP contribution in [-0.4, -0.2) is 11.9 Å². The maximum atomic E-state index is 12.5. The molecule has 0 saturated heterocycles. The summed E-state index contributed by atoms with van der Waals surface area (Å²) < 4.78 is 37.6. The predicted molar refractivity (Wildman–Crippen MR) is 72.6 cm³/mol. The summed E-state index contributed by atoms with van der Waals surface area (Å²) in [5, 5.41) is 2.51. The van der Waals surface area contributed by atoms with Crippen molar-refractivity contribution >= 4 is 24.0 Å². The monoisotopic (exact) mass is 308 g/mol. The molecule has 1 aliphatic rings. The second-order valence-electron chi connectivity index (χ2n) is 4.77. The molecule has 0 spiro atoms. The number of carbonyl (C=O) groups is 1. The average Bonchev–Trinajstić information content (AvgIpc) is 2.75.